The van der Waals surface area contributed by atoms with Crippen molar-refractivity contribution in [2.24, 2.45) is 0 Å². The summed E-state index contributed by atoms with van der Waals surface area (Å²) in [5.74, 6) is 1.27. The summed E-state index contributed by atoms with van der Waals surface area (Å²) in [6, 6.07) is 17.2. The van der Waals surface area contributed by atoms with Crippen LogP contribution in [0.25, 0.3) is 11.5 Å². The molecule has 28 heavy (non-hydrogen) atoms. The number of carbonyl (C=O) groups excluding carboxylic acids is 1. The van der Waals surface area contributed by atoms with Gasteiger partial charge in [-0.1, -0.05) is 42.1 Å². The van der Waals surface area contributed by atoms with Crippen LogP contribution in [0.15, 0.2) is 64.2 Å². The minimum atomic E-state index is -0.0133. The molecule has 0 unspecified atom stereocenters. The first-order valence-electron chi connectivity index (χ1n) is 9.15. The van der Waals surface area contributed by atoms with Gasteiger partial charge in [0.15, 0.2) is 0 Å². The molecule has 0 fully saturated rings. The molecule has 0 aliphatic carbocycles. The Morgan fingerprint density at radius 1 is 1.11 bits per heavy atom. The quantitative estimate of drug-likeness (QED) is 0.515. The third-order valence-corrected chi connectivity index (χ3v) is 4.77. The molecule has 146 valence electrons. The molecule has 0 saturated carbocycles. The molecule has 0 bridgehead atoms. The molecule has 0 saturated heterocycles. The SMILES string of the molecule is CCOc1ccccc1-c1nnc(SCC(=O)N(c2ccccc2)C(C)C)o1. The number of hydrogen-bond donors (Lipinski definition) is 0. The van der Waals surface area contributed by atoms with Crippen LogP contribution in [0.3, 0.4) is 0 Å². The number of rotatable bonds is 8. The summed E-state index contributed by atoms with van der Waals surface area (Å²) in [5.41, 5.74) is 1.61. The zero-order valence-corrected chi connectivity index (χ0v) is 17.0. The van der Waals surface area contributed by atoms with Crippen LogP contribution in [0, 0.1) is 0 Å². The Bertz CT molecular complexity index is 912. The predicted octanol–water partition coefficient (Wildman–Crippen LogP) is 4.67. The average Bonchev–Trinajstić information content (AvgIpc) is 3.17. The second-order valence-corrected chi connectivity index (χ2v) is 7.21. The molecule has 6 nitrogen and oxygen atoms in total. The van der Waals surface area contributed by atoms with E-state index < -0.39 is 0 Å². The first-order valence-corrected chi connectivity index (χ1v) is 10.1. The van der Waals surface area contributed by atoms with Gasteiger partial charge in [0.05, 0.1) is 17.9 Å². The van der Waals surface area contributed by atoms with Gasteiger partial charge < -0.3 is 14.1 Å². The molecule has 1 amide bonds. The molecule has 3 rings (SSSR count). The van der Waals surface area contributed by atoms with Gasteiger partial charge in [0, 0.05) is 11.7 Å². The largest absolute Gasteiger partial charge is 0.493 e. The first-order chi connectivity index (χ1) is 13.6. The summed E-state index contributed by atoms with van der Waals surface area (Å²) in [7, 11) is 0. The third kappa shape index (κ3) is 4.72. The molecule has 0 N–H and O–H groups in total. The molecule has 1 aromatic heterocycles. The molecule has 1 heterocycles. The Labute approximate surface area is 168 Å². The van der Waals surface area contributed by atoms with Gasteiger partial charge in [-0.05, 0) is 45.0 Å². The number of carbonyl (C=O) groups is 1. The molecule has 0 aliphatic rings. The van der Waals surface area contributed by atoms with E-state index in [1.165, 1.54) is 11.8 Å². The number of hydrogen-bond acceptors (Lipinski definition) is 6. The van der Waals surface area contributed by atoms with Crippen molar-refractivity contribution in [3.05, 3.63) is 54.6 Å². The van der Waals surface area contributed by atoms with E-state index in [0.717, 1.165) is 11.3 Å². The van der Waals surface area contributed by atoms with Crippen LogP contribution in [0.1, 0.15) is 20.8 Å². The first kappa shape index (κ1) is 19.9. The number of amides is 1. The normalized spacial score (nSPS) is 10.9. The number of aromatic nitrogens is 2. The average molecular weight is 398 g/mol. The van der Waals surface area contributed by atoms with E-state index in [1.807, 2.05) is 75.4 Å². The van der Waals surface area contributed by atoms with E-state index in [4.69, 9.17) is 9.15 Å². The van der Waals surface area contributed by atoms with E-state index in [0.29, 0.717) is 23.5 Å². The van der Waals surface area contributed by atoms with Crippen molar-refractivity contribution < 1.29 is 13.9 Å². The maximum absolute atomic E-state index is 12.8. The lowest BCUT2D eigenvalue weighted by Crippen LogP contribution is -2.38. The van der Waals surface area contributed by atoms with Crippen molar-refractivity contribution in [3.8, 4) is 17.2 Å². The number of benzene rings is 2. The summed E-state index contributed by atoms with van der Waals surface area (Å²) in [5, 5.41) is 8.52. The lowest BCUT2D eigenvalue weighted by molar-refractivity contribution is -0.116. The van der Waals surface area contributed by atoms with Gasteiger partial charge in [-0.25, -0.2) is 0 Å². The molecule has 0 spiro atoms. The second kappa shape index (κ2) is 9.41. The van der Waals surface area contributed by atoms with E-state index in [-0.39, 0.29) is 17.7 Å². The van der Waals surface area contributed by atoms with Crippen molar-refractivity contribution in [2.45, 2.75) is 32.0 Å². The van der Waals surface area contributed by atoms with Crippen LogP contribution in [-0.2, 0) is 4.79 Å². The lowest BCUT2D eigenvalue weighted by Gasteiger charge is -2.26. The van der Waals surface area contributed by atoms with Crippen LogP contribution >= 0.6 is 11.8 Å². The fourth-order valence-corrected chi connectivity index (χ4v) is 3.44. The summed E-state index contributed by atoms with van der Waals surface area (Å²) >= 11 is 1.23. The van der Waals surface area contributed by atoms with Crippen molar-refractivity contribution in [1.82, 2.24) is 10.2 Å². The van der Waals surface area contributed by atoms with Gasteiger partial charge in [0.2, 0.25) is 5.91 Å². The van der Waals surface area contributed by atoms with Crippen LogP contribution < -0.4 is 9.64 Å². The minimum Gasteiger partial charge on any atom is -0.493 e. The fourth-order valence-electron chi connectivity index (χ4n) is 2.81. The third-order valence-electron chi connectivity index (χ3n) is 3.96. The molecular weight excluding hydrogens is 374 g/mol. The molecule has 3 aromatic rings. The van der Waals surface area contributed by atoms with Crippen molar-refractivity contribution in [1.29, 1.82) is 0 Å². The van der Waals surface area contributed by atoms with Gasteiger partial charge in [-0.2, -0.15) is 0 Å². The highest BCUT2D eigenvalue weighted by Gasteiger charge is 2.21. The maximum Gasteiger partial charge on any atom is 0.277 e. The predicted molar refractivity (Wildman–Crippen MR) is 111 cm³/mol. The van der Waals surface area contributed by atoms with E-state index in [2.05, 4.69) is 10.2 Å². The summed E-state index contributed by atoms with van der Waals surface area (Å²) in [6.07, 6.45) is 0. The number of para-hydroxylation sites is 2. The Kier molecular flexibility index (Phi) is 6.71. The highest BCUT2D eigenvalue weighted by molar-refractivity contribution is 7.99. The number of nitrogens with zero attached hydrogens (tertiary/aromatic N) is 3. The molecule has 0 atom stereocenters. The Morgan fingerprint density at radius 2 is 1.82 bits per heavy atom. The Morgan fingerprint density at radius 3 is 2.54 bits per heavy atom. The minimum absolute atomic E-state index is 0.0133. The molecular formula is C21H23N3O3S. The smallest absolute Gasteiger partial charge is 0.277 e. The molecule has 0 aliphatic heterocycles. The zero-order chi connectivity index (χ0) is 19.9. The summed E-state index contributed by atoms with van der Waals surface area (Å²) in [6.45, 7) is 6.45. The highest BCUT2D eigenvalue weighted by atomic mass is 32.2. The van der Waals surface area contributed by atoms with Gasteiger partial charge in [-0.15, -0.1) is 10.2 Å². The van der Waals surface area contributed by atoms with Gasteiger partial charge in [-0.3, -0.25) is 4.79 Å². The van der Waals surface area contributed by atoms with Crippen molar-refractivity contribution in [3.63, 3.8) is 0 Å². The second-order valence-electron chi connectivity index (χ2n) is 6.28. The van der Waals surface area contributed by atoms with Gasteiger partial charge >= 0.3 is 0 Å². The summed E-state index contributed by atoms with van der Waals surface area (Å²) < 4.78 is 11.4. The van der Waals surface area contributed by atoms with Crippen LogP contribution in [0.2, 0.25) is 0 Å². The van der Waals surface area contributed by atoms with Gasteiger partial charge in [0.25, 0.3) is 11.1 Å². The topological polar surface area (TPSA) is 68.5 Å². The summed E-state index contributed by atoms with van der Waals surface area (Å²) in [4.78, 5) is 14.5. The molecule has 7 heteroatoms. The number of anilines is 1. The van der Waals surface area contributed by atoms with Crippen LogP contribution in [0.5, 0.6) is 5.75 Å². The zero-order valence-electron chi connectivity index (χ0n) is 16.2. The maximum atomic E-state index is 12.8. The fraction of sp³-hybridized carbons (Fsp3) is 0.286. The number of ether oxygens (including phenoxy) is 1. The Balaban J connectivity index is 1.70. The van der Waals surface area contributed by atoms with E-state index >= 15 is 0 Å². The molecule has 0 radical (unpaired) electrons. The molecule has 2 aromatic carbocycles. The van der Waals surface area contributed by atoms with Crippen LogP contribution in [-0.4, -0.2) is 34.5 Å². The number of thioether (sulfide) groups is 1. The lowest BCUT2D eigenvalue weighted by atomic mass is 10.2. The van der Waals surface area contributed by atoms with Crippen molar-refractivity contribution >= 4 is 23.4 Å². The van der Waals surface area contributed by atoms with Crippen LogP contribution in [0.4, 0.5) is 5.69 Å². The van der Waals surface area contributed by atoms with E-state index in [9.17, 15) is 4.79 Å². The van der Waals surface area contributed by atoms with E-state index in [1.54, 1.807) is 4.90 Å². The van der Waals surface area contributed by atoms with Crippen molar-refractivity contribution in [2.75, 3.05) is 17.3 Å². The van der Waals surface area contributed by atoms with Gasteiger partial charge in [0.1, 0.15) is 5.75 Å². The standard InChI is InChI=1S/C21H23N3O3S/c1-4-26-18-13-9-8-12-17(18)20-22-23-21(27-20)28-14-19(25)24(15(2)3)16-10-6-5-7-11-16/h5-13,15H,4,14H2,1-3H3. The Hall–Kier alpha value is -2.80. The monoisotopic (exact) mass is 397 g/mol. The highest BCUT2D eigenvalue weighted by Crippen LogP contribution is 2.31.